The quantitative estimate of drug-likeness (QED) is 0.614. The summed E-state index contributed by atoms with van der Waals surface area (Å²) in [5.74, 6) is -0.334. The summed E-state index contributed by atoms with van der Waals surface area (Å²) in [5, 5.41) is 2.50. The van der Waals surface area contributed by atoms with E-state index >= 15 is 0 Å². The van der Waals surface area contributed by atoms with E-state index in [0.717, 1.165) is 28.2 Å². The van der Waals surface area contributed by atoms with Gasteiger partial charge in [-0.1, -0.05) is 29.8 Å². The van der Waals surface area contributed by atoms with Gasteiger partial charge < -0.3 is 9.73 Å². The number of alkyl halides is 3. The molecule has 1 aliphatic heterocycles. The number of oxazole rings is 1. The molecule has 1 aliphatic rings. The van der Waals surface area contributed by atoms with Crippen molar-refractivity contribution in [3.8, 4) is 11.5 Å². The third-order valence-corrected chi connectivity index (χ3v) is 5.21. The lowest BCUT2D eigenvalue weighted by atomic mass is 9.90. The van der Waals surface area contributed by atoms with Crippen molar-refractivity contribution < 1.29 is 27.2 Å². The number of rotatable bonds is 4. The average molecular weight is 429 g/mol. The maximum Gasteiger partial charge on any atom is 0.416 e. The Morgan fingerprint density at radius 1 is 1.13 bits per heavy atom. The topological polar surface area (TPSA) is 75.4 Å². The monoisotopic (exact) mass is 429 g/mol. The number of nitrogens with one attached hydrogen (secondary N) is 1. The molecule has 160 valence electrons. The van der Waals surface area contributed by atoms with Crippen molar-refractivity contribution in [2.75, 3.05) is 0 Å². The number of amides is 3. The number of aryl methyl sites for hydroxylation is 1. The number of benzene rings is 2. The second kappa shape index (κ2) is 7.26. The number of nitrogens with zero attached hydrogens (tertiary/aromatic N) is 2. The van der Waals surface area contributed by atoms with Gasteiger partial charge in [-0.3, -0.25) is 9.69 Å². The zero-order valence-corrected chi connectivity index (χ0v) is 16.7. The molecular formula is C22H18F3N3O3. The van der Waals surface area contributed by atoms with Crippen LogP contribution in [0.2, 0.25) is 0 Å². The smallest absolute Gasteiger partial charge is 0.416 e. The number of carbonyl (C=O) groups excluding carboxylic acids is 2. The predicted octanol–water partition coefficient (Wildman–Crippen LogP) is 4.64. The highest BCUT2D eigenvalue weighted by molar-refractivity contribution is 6.07. The molecule has 0 unspecified atom stereocenters. The van der Waals surface area contributed by atoms with Gasteiger partial charge in [0.15, 0.2) is 0 Å². The third-order valence-electron chi connectivity index (χ3n) is 5.21. The predicted molar refractivity (Wildman–Crippen MR) is 105 cm³/mol. The van der Waals surface area contributed by atoms with Gasteiger partial charge in [0.1, 0.15) is 11.8 Å². The fourth-order valence-corrected chi connectivity index (χ4v) is 3.41. The van der Waals surface area contributed by atoms with Crippen molar-refractivity contribution in [2.45, 2.75) is 32.1 Å². The molecule has 1 N–H and O–H groups in total. The molecule has 1 fully saturated rings. The molecule has 6 nitrogen and oxygen atoms in total. The molecule has 3 amide bonds. The van der Waals surface area contributed by atoms with E-state index in [0.29, 0.717) is 11.6 Å². The molecule has 3 aromatic rings. The second-order valence-corrected chi connectivity index (χ2v) is 7.54. The largest absolute Gasteiger partial charge is 0.444 e. The Labute approximate surface area is 175 Å². The van der Waals surface area contributed by atoms with E-state index in [1.54, 1.807) is 0 Å². The molecule has 0 aliphatic carbocycles. The van der Waals surface area contributed by atoms with Crippen LogP contribution < -0.4 is 5.32 Å². The Kier molecular flexibility index (Phi) is 4.83. The number of aromatic nitrogens is 1. The Morgan fingerprint density at radius 3 is 2.52 bits per heavy atom. The molecule has 2 aromatic carbocycles. The lowest BCUT2D eigenvalue weighted by Gasteiger charge is -2.23. The minimum absolute atomic E-state index is 0.0451. The van der Waals surface area contributed by atoms with E-state index in [1.165, 1.54) is 25.3 Å². The van der Waals surface area contributed by atoms with E-state index in [1.807, 2.05) is 31.2 Å². The van der Waals surface area contributed by atoms with Gasteiger partial charge in [-0.2, -0.15) is 13.2 Å². The molecule has 1 aromatic heterocycles. The molecule has 31 heavy (non-hydrogen) atoms. The molecule has 1 atom stereocenters. The lowest BCUT2D eigenvalue weighted by molar-refractivity contribution is -0.138. The van der Waals surface area contributed by atoms with Crippen LogP contribution in [0, 0.1) is 6.92 Å². The number of hydrogen-bond donors (Lipinski definition) is 1. The second-order valence-electron chi connectivity index (χ2n) is 7.54. The highest BCUT2D eigenvalue weighted by atomic mass is 19.4. The molecule has 0 saturated carbocycles. The summed E-state index contributed by atoms with van der Waals surface area (Å²) in [6.45, 7) is 3.15. The fourth-order valence-electron chi connectivity index (χ4n) is 3.41. The van der Waals surface area contributed by atoms with Gasteiger partial charge in [0.25, 0.3) is 5.91 Å². The number of imide groups is 1. The van der Waals surface area contributed by atoms with Gasteiger partial charge in [-0.05, 0) is 43.7 Å². The van der Waals surface area contributed by atoms with Crippen LogP contribution in [0.15, 0.2) is 59.2 Å². The first-order valence-corrected chi connectivity index (χ1v) is 9.41. The van der Waals surface area contributed by atoms with Crippen molar-refractivity contribution >= 4 is 11.9 Å². The Morgan fingerprint density at radius 2 is 1.84 bits per heavy atom. The fraction of sp³-hybridized carbons (Fsp3) is 0.227. The van der Waals surface area contributed by atoms with Crippen molar-refractivity contribution in [3.05, 3.63) is 77.2 Å². The van der Waals surface area contributed by atoms with Gasteiger partial charge >= 0.3 is 12.2 Å². The summed E-state index contributed by atoms with van der Waals surface area (Å²) in [7, 11) is 0. The average Bonchev–Trinajstić information content (AvgIpc) is 3.27. The highest BCUT2D eigenvalue weighted by Gasteiger charge is 2.49. The van der Waals surface area contributed by atoms with E-state index in [2.05, 4.69) is 10.3 Å². The van der Waals surface area contributed by atoms with Gasteiger partial charge in [-0.25, -0.2) is 9.78 Å². The summed E-state index contributed by atoms with van der Waals surface area (Å²) in [5.41, 5.74) is -0.324. The van der Waals surface area contributed by atoms with Crippen molar-refractivity contribution in [3.63, 3.8) is 0 Å². The van der Waals surface area contributed by atoms with Crippen LogP contribution in [0.25, 0.3) is 11.5 Å². The molecule has 9 heteroatoms. The molecular weight excluding hydrogens is 411 g/mol. The number of carbonyl (C=O) groups is 2. The molecule has 0 spiro atoms. The maximum atomic E-state index is 13.1. The van der Waals surface area contributed by atoms with Crippen LogP contribution in [0.4, 0.5) is 18.0 Å². The Balaban J connectivity index is 1.57. The van der Waals surface area contributed by atoms with Crippen LogP contribution in [-0.2, 0) is 23.1 Å². The van der Waals surface area contributed by atoms with E-state index in [4.69, 9.17) is 4.42 Å². The van der Waals surface area contributed by atoms with Crippen LogP contribution >= 0.6 is 0 Å². The van der Waals surface area contributed by atoms with Crippen molar-refractivity contribution in [2.24, 2.45) is 0 Å². The van der Waals surface area contributed by atoms with Gasteiger partial charge in [0.05, 0.1) is 17.8 Å². The van der Waals surface area contributed by atoms with E-state index in [9.17, 15) is 22.8 Å². The van der Waals surface area contributed by atoms with Gasteiger partial charge in [0.2, 0.25) is 5.89 Å². The Bertz CT molecular complexity index is 1150. The minimum atomic E-state index is -4.56. The first-order chi connectivity index (χ1) is 14.6. The molecule has 1 saturated heterocycles. The SMILES string of the molecule is Cc1ccc(-c2nc(CN3C(=O)N[C@@](C)(c4cccc(C(F)(F)F)c4)C3=O)co2)cc1. The van der Waals surface area contributed by atoms with Crippen molar-refractivity contribution in [1.29, 1.82) is 0 Å². The van der Waals surface area contributed by atoms with E-state index in [-0.39, 0.29) is 12.1 Å². The normalized spacial score (nSPS) is 19.1. The van der Waals surface area contributed by atoms with Crippen molar-refractivity contribution in [1.82, 2.24) is 15.2 Å². The van der Waals surface area contributed by atoms with E-state index < -0.39 is 29.2 Å². The summed E-state index contributed by atoms with van der Waals surface area (Å²) in [6.07, 6.45) is -3.22. The number of halogens is 3. The van der Waals surface area contributed by atoms with Crippen LogP contribution in [-0.4, -0.2) is 21.8 Å². The summed E-state index contributed by atoms with van der Waals surface area (Å²) < 4.78 is 44.7. The standard InChI is InChI=1S/C22H18F3N3O3/c1-13-6-8-14(9-7-13)18-26-17(12-31-18)11-28-19(29)21(2,27-20(28)30)15-4-3-5-16(10-15)22(23,24)25/h3-10,12H,11H2,1-2H3,(H,27,30)/t21-/m0/s1. The molecule has 0 radical (unpaired) electrons. The summed E-state index contributed by atoms with van der Waals surface area (Å²) in [4.78, 5) is 30.7. The van der Waals surface area contributed by atoms with Gasteiger partial charge in [0, 0.05) is 5.56 Å². The van der Waals surface area contributed by atoms with Crippen LogP contribution in [0.3, 0.4) is 0 Å². The van der Waals surface area contributed by atoms with Crippen LogP contribution in [0.1, 0.15) is 29.3 Å². The Hall–Kier alpha value is -3.62. The lowest BCUT2D eigenvalue weighted by Crippen LogP contribution is -2.41. The highest BCUT2D eigenvalue weighted by Crippen LogP contribution is 2.35. The molecule has 2 heterocycles. The number of urea groups is 1. The van der Waals surface area contributed by atoms with Crippen LogP contribution in [0.5, 0.6) is 0 Å². The van der Waals surface area contributed by atoms with Gasteiger partial charge in [-0.15, -0.1) is 0 Å². The summed E-state index contributed by atoms with van der Waals surface area (Å²) >= 11 is 0. The first-order valence-electron chi connectivity index (χ1n) is 9.41. The summed E-state index contributed by atoms with van der Waals surface area (Å²) in [6, 6.07) is 11.1. The minimum Gasteiger partial charge on any atom is -0.444 e. The maximum absolute atomic E-state index is 13.1. The third kappa shape index (κ3) is 3.78. The first kappa shape index (κ1) is 20.6. The number of hydrogen-bond acceptors (Lipinski definition) is 4. The molecule has 0 bridgehead atoms. The zero-order valence-electron chi connectivity index (χ0n) is 16.7. The zero-order chi connectivity index (χ0) is 22.4. The molecule has 4 rings (SSSR count).